The van der Waals surface area contributed by atoms with E-state index in [1.165, 1.54) is 11.1 Å². The molecule has 0 radical (unpaired) electrons. The molecular weight excluding hydrogens is 316 g/mol. The number of rotatable bonds is 5. The van der Waals surface area contributed by atoms with Gasteiger partial charge in [-0.15, -0.1) is 0 Å². The largest absolute Gasteiger partial charge is 0.301 e. The van der Waals surface area contributed by atoms with Crippen molar-refractivity contribution in [1.82, 2.24) is 9.97 Å². The maximum absolute atomic E-state index is 12.4. The number of aromatic amines is 1. The zero-order chi connectivity index (χ0) is 16.9. The number of nitrogens with zero attached hydrogens (tertiary/aromatic N) is 1. The van der Waals surface area contributed by atoms with Crippen LogP contribution >= 0.6 is 11.8 Å². The average molecular weight is 336 g/mol. The van der Waals surface area contributed by atoms with Gasteiger partial charge in [0.15, 0.2) is 5.16 Å². The minimum atomic E-state index is -0.0429. The molecule has 0 aliphatic carbocycles. The fraction of sp³-hybridized carbons (Fsp3) is 0.200. The number of aromatic nitrogens is 2. The number of nitrogens with one attached hydrogen (secondary N) is 1. The molecule has 0 aliphatic rings. The highest BCUT2D eigenvalue weighted by Crippen LogP contribution is 2.21. The first-order chi connectivity index (χ1) is 11.6. The van der Waals surface area contributed by atoms with Crippen LogP contribution in [0.4, 0.5) is 0 Å². The predicted molar refractivity (Wildman–Crippen MR) is 99.6 cm³/mol. The van der Waals surface area contributed by atoms with Crippen LogP contribution in [0.15, 0.2) is 64.5 Å². The van der Waals surface area contributed by atoms with Gasteiger partial charge in [0.05, 0.1) is 0 Å². The molecule has 122 valence electrons. The Morgan fingerprint density at radius 3 is 2.42 bits per heavy atom. The normalized spacial score (nSPS) is 10.8. The van der Waals surface area contributed by atoms with Gasteiger partial charge < -0.3 is 4.98 Å². The highest BCUT2D eigenvalue weighted by atomic mass is 32.2. The second kappa shape index (κ2) is 7.49. The average Bonchev–Trinajstić information content (AvgIpc) is 2.58. The molecule has 0 spiro atoms. The van der Waals surface area contributed by atoms with E-state index in [0.717, 1.165) is 22.6 Å². The van der Waals surface area contributed by atoms with Gasteiger partial charge in [-0.25, -0.2) is 4.98 Å². The molecule has 24 heavy (non-hydrogen) atoms. The first-order valence-electron chi connectivity index (χ1n) is 7.94. The molecule has 1 N–H and O–H groups in total. The molecule has 2 aromatic carbocycles. The van der Waals surface area contributed by atoms with E-state index in [1.54, 1.807) is 11.8 Å². The van der Waals surface area contributed by atoms with Crippen LogP contribution in [0.1, 0.15) is 27.9 Å². The topological polar surface area (TPSA) is 45.8 Å². The Kier molecular flexibility index (Phi) is 5.16. The summed E-state index contributed by atoms with van der Waals surface area (Å²) in [7, 11) is 0. The molecule has 1 aromatic heterocycles. The summed E-state index contributed by atoms with van der Waals surface area (Å²) < 4.78 is 0. The van der Waals surface area contributed by atoms with Crippen molar-refractivity contribution in [2.75, 3.05) is 0 Å². The van der Waals surface area contributed by atoms with Crippen molar-refractivity contribution >= 4 is 11.8 Å². The lowest BCUT2D eigenvalue weighted by molar-refractivity contribution is 0.866. The van der Waals surface area contributed by atoms with Crippen molar-refractivity contribution in [2.24, 2.45) is 0 Å². The Labute approximate surface area is 146 Å². The Bertz CT molecular complexity index is 888. The van der Waals surface area contributed by atoms with Gasteiger partial charge in [0.2, 0.25) is 0 Å². The zero-order valence-corrected chi connectivity index (χ0v) is 14.7. The standard InChI is InChI=1S/C20H20N2OS/c1-14-8-6-7-11-17(14)13-24-20-21-15(2)18(19(23)22-20)12-16-9-4-3-5-10-16/h3-11H,12-13H2,1-2H3,(H,21,22,23). The van der Waals surface area contributed by atoms with Crippen molar-refractivity contribution in [3.05, 3.63) is 92.9 Å². The summed E-state index contributed by atoms with van der Waals surface area (Å²) in [5, 5.41) is 0.678. The first kappa shape index (κ1) is 16.5. The molecule has 4 heteroatoms. The molecule has 0 unspecified atom stereocenters. The number of aryl methyl sites for hydroxylation is 2. The molecule has 0 atom stereocenters. The minimum absolute atomic E-state index is 0.0429. The van der Waals surface area contributed by atoms with Gasteiger partial charge in [-0.2, -0.15) is 0 Å². The quantitative estimate of drug-likeness (QED) is 0.559. The van der Waals surface area contributed by atoms with Crippen LogP contribution in [0.5, 0.6) is 0 Å². The summed E-state index contributed by atoms with van der Waals surface area (Å²) in [5.41, 5.74) is 5.13. The second-order valence-electron chi connectivity index (χ2n) is 5.81. The molecule has 0 amide bonds. The maximum Gasteiger partial charge on any atom is 0.255 e. The summed E-state index contributed by atoms with van der Waals surface area (Å²) in [6, 6.07) is 18.3. The van der Waals surface area contributed by atoms with E-state index >= 15 is 0 Å². The lowest BCUT2D eigenvalue weighted by Gasteiger charge is -2.08. The van der Waals surface area contributed by atoms with Crippen molar-refractivity contribution in [3.8, 4) is 0 Å². The van der Waals surface area contributed by atoms with Gasteiger partial charge in [-0.1, -0.05) is 66.4 Å². The van der Waals surface area contributed by atoms with Crippen molar-refractivity contribution in [1.29, 1.82) is 0 Å². The van der Waals surface area contributed by atoms with Gasteiger partial charge in [0, 0.05) is 23.4 Å². The Balaban J connectivity index is 1.77. The van der Waals surface area contributed by atoms with Gasteiger partial charge in [-0.3, -0.25) is 4.79 Å². The summed E-state index contributed by atoms with van der Waals surface area (Å²) in [5.74, 6) is 0.799. The van der Waals surface area contributed by atoms with Gasteiger partial charge in [-0.05, 0) is 30.5 Å². The molecule has 0 aliphatic heterocycles. The molecule has 3 rings (SSSR count). The molecule has 0 saturated carbocycles. The van der Waals surface area contributed by atoms with E-state index in [0.29, 0.717) is 11.6 Å². The molecule has 0 bridgehead atoms. The SMILES string of the molecule is Cc1ccccc1CSc1nc(C)c(Cc2ccccc2)c(=O)[nH]1. The van der Waals surface area contributed by atoms with E-state index < -0.39 is 0 Å². The van der Waals surface area contributed by atoms with Gasteiger partial charge in [0.1, 0.15) is 0 Å². The van der Waals surface area contributed by atoms with Crippen LogP contribution < -0.4 is 5.56 Å². The molecule has 3 aromatic rings. The highest BCUT2D eigenvalue weighted by Gasteiger charge is 2.10. The number of H-pyrrole nitrogens is 1. The van der Waals surface area contributed by atoms with E-state index in [9.17, 15) is 4.79 Å². The van der Waals surface area contributed by atoms with Crippen LogP contribution in [0, 0.1) is 13.8 Å². The summed E-state index contributed by atoms with van der Waals surface area (Å²) in [6.45, 7) is 4.01. The fourth-order valence-corrected chi connectivity index (χ4v) is 3.56. The summed E-state index contributed by atoms with van der Waals surface area (Å²) in [4.78, 5) is 19.9. The Morgan fingerprint density at radius 2 is 1.71 bits per heavy atom. The first-order valence-corrected chi connectivity index (χ1v) is 8.93. The Hall–Kier alpha value is -2.33. The van der Waals surface area contributed by atoms with Crippen molar-refractivity contribution in [3.63, 3.8) is 0 Å². The number of benzene rings is 2. The zero-order valence-electron chi connectivity index (χ0n) is 13.9. The lowest BCUT2D eigenvalue weighted by atomic mass is 10.1. The summed E-state index contributed by atoms with van der Waals surface area (Å²) >= 11 is 1.56. The van der Waals surface area contributed by atoms with Crippen LogP contribution in [0.2, 0.25) is 0 Å². The monoisotopic (exact) mass is 336 g/mol. The van der Waals surface area contributed by atoms with E-state index in [1.807, 2.05) is 49.4 Å². The summed E-state index contributed by atoms with van der Waals surface area (Å²) in [6.07, 6.45) is 0.609. The van der Waals surface area contributed by atoms with Gasteiger partial charge in [0.25, 0.3) is 5.56 Å². The lowest BCUT2D eigenvalue weighted by Crippen LogP contribution is -2.17. The second-order valence-corrected chi connectivity index (χ2v) is 6.78. The minimum Gasteiger partial charge on any atom is -0.301 e. The van der Waals surface area contributed by atoms with Crippen molar-refractivity contribution in [2.45, 2.75) is 31.2 Å². The van der Waals surface area contributed by atoms with E-state index in [4.69, 9.17) is 0 Å². The molecule has 3 nitrogen and oxygen atoms in total. The predicted octanol–water partition coefficient (Wildman–Crippen LogP) is 4.27. The van der Waals surface area contributed by atoms with Crippen LogP contribution in [0.3, 0.4) is 0 Å². The van der Waals surface area contributed by atoms with Crippen LogP contribution in [0.25, 0.3) is 0 Å². The molecule has 1 heterocycles. The van der Waals surface area contributed by atoms with Crippen LogP contribution in [-0.2, 0) is 12.2 Å². The third-order valence-electron chi connectivity index (χ3n) is 4.05. The smallest absolute Gasteiger partial charge is 0.255 e. The fourth-order valence-electron chi connectivity index (χ4n) is 2.58. The Morgan fingerprint density at radius 1 is 1.00 bits per heavy atom. The third-order valence-corrected chi connectivity index (χ3v) is 4.97. The molecule has 0 saturated heterocycles. The van der Waals surface area contributed by atoms with Crippen LogP contribution in [-0.4, -0.2) is 9.97 Å². The third kappa shape index (κ3) is 3.95. The van der Waals surface area contributed by atoms with Crippen molar-refractivity contribution < 1.29 is 0 Å². The van der Waals surface area contributed by atoms with E-state index in [-0.39, 0.29) is 5.56 Å². The van der Waals surface area contributed by atoms with E-state index in [2.05, 4.69) is 29.0 Å². The maximum atomic E-state index is 12.4. The number of hydrogen-bond acceptors (Lipinski definition) is 3. The number of thioether (sulfide) groups is 1. The molecular formula is C20H20N2OS. The molecule has 0 fully saturated rings. The van der Waals surface area contributed by atoms with Gasteiger partial charge >= 0.3 is 0 Å². The number of hydrogen-bond donors (Lipinski definition) is 1. The highest BCUT2D eigenvalue weighted by molar-refractivity contribution is 7.98.